The van der Waals surface area contributed by atoms with E-state index in [-0.39, 0.29) is 5.92 Å². The molecule has 0 rings (SSSR count). The third-order valence-electron chi connectivity index (χ3n) is 1.95. The second kappa shape index (κ2) is 6.66. The minimum Gasteiger partial charge on any atom is -0.481 e. The molecule has 0 aliphatic carbocycles. The molecule has 0 aliphatic heterocycles. The zero-order valence-electron chi connectivity index (χ0n) is 8.25. The fourth-order valence-electron chi connectivity index (χ4n) is 1.27. The molecule has 0 heterocycles. The van der Waals surface area contributed by atoms with E-state index in [0.29, 0.717) is 19.4 Å². The number of carboxylic acid groups (broad SMARTS) is 1. The minimum absolute atomic E-state index is 0.274. The van der Waals surface area contributed by atoms with Crippen LogP contribution in [0.1, 0.15) is 32.6 Å². The summed E-state index contributed by atoms with van der Waals surface area (Å²) < 4.78 is 0. The maximum atomic E-state index is 10.8. The van der Waals surface area contributed by atoms with Gasteiger partial charge in [0.2, 0.25) is 0 Å². The summed E-state index contributed by atoms with van der Waals surface area (Å²) in [4.78, 5) is 10.8. The van der Waals surface area contributed by atoms with Gasteiger partial charge in [0.05, 0.1) is 5.92 Å². The number of rotatable bonds is 7. The molecule has 0 spiro atoms. The average molecular weight is 185 g/mol. The van der Waals surface area contributed by atoms with Crippen LogP contribution in [-0.2, 0) is 4.79 Å². The molecule has 0 fully saturated rings. The Morgan fingerprint density at radius 2 is 2.15 bits per heavy atom. The van der Waals surface area contributed by atoms with E-state index in [4.69, 9.17) is 10.8 Å². The van der Waals surface area contributed by atoms with Gasteiger partial charge in [-0.2, -0.15) is 0 Å². The maximum absolute atomic E-state index is 10.8. The molecule has 0 aromatic carbocycles. The number of hydrogen-bond donors (Lipinski definition) is 2. The smallest absolute Gasteiger partial charge is 0.306 e. The molecule has 3 heteroatoms. The summed E-state index contributed by atoms with van der Waals surface area (Å²) in [7, 11) is 0. The predicted molar refractivity (Wildman–Crippen MR) is 53.5 cm³/mol. The summed E-state index contributed by atoms with van der Waals surface area (Å²) in [5.74, 6) is -0.996. The summed E-state index contributed by atoms with van der Waals surface area (Å²) in [6.07, 6.45) is 3.08. The molecule has 0 saturated heterocycles. The molecular weight excluding hydrogens is 166 g/mol. The average Bonchev–Trinajstić information content (AvgIpc) is 2.02. The van der Waals surface area contributed by atoms with Gasteiger partial charge in [0.25, 0.3) is 0 Å². The molecule has 1 unspecified atom stereocenters. The Morgan fingerprint density at radius 1 is 1.54 bits per heavy atom. The van der Waals surface area contributed by atoms with Gasteiger partial charge in [0.1, 0.15) is 0 Å². The van der Waals surface area contributed by atoms with Gasteiger partial charge in [0.15, 0.2) is 0 Å². The fraction of sp³-hybridized carbons (Fsp3) is 0.700. The molecule has 13 heavy (non-hydrogen) atoms. The highest BCUT2D eigenvalue weighted by Crippen LogP contribution is 2.16. The second-order valence-electron chi connectivity index (χ2n) is 3.48. The first kappa shape index (κ1) is 12.2. The van der Waals surface area contributed by atoms with Crippen molar-refractivity contribution in [3.05, 3.63) is 12.2 Å². The van der Waals surface area contributed by atoms with Crippen LogP contribution in [0, 0.1) is 5.92 Å². The van der Waals surface area contributed by atoms with E-state index in [2.05, 4.69) is 6.58 Å². The zero-order valence-corrected chi connectivity index (χ0v) is 8.25. The summed E-state index contributed by atoms with van der Waals surface area (Å²) in [5, 5.41) is 8.85. The van der Waals surface area contributed by atoms with E-state index in [1.54, 1.807) is 0 Å². The van der Waals surface area contributed by atoms with Gasteiger partial charge in [-0.15, -0.1) is 6.58 Å². The number of carbonyl (C=O) groups is 1. The standard InChI is InChI=1S/C10H19NO2/c1-8(2)7-9(10(12)13)5-3-4-6-11/h9H,1,3-7,11H2,2H3,(H,12,13). The molecule has 0 bridgehead atoms. The Hall–Kier alpha value is -0.830. The van der Waals surface area contributed by atoms with E-state index in [9.17, 15) is 4.79 Å². The lowest BCUT2D eigenvalue weighted by Crippen LogP contribution is -2.14. The van der Waals surface area contributed by atoms with Crippen LogP contribution in [0.5, 0.6) is 0 Å². The van der Waals surface area contributed by atoms with Gasteiger partial charge in [0, 0.05) is 0 Å². The fourth-order valence-corrected chi connectivity index (χ4v) is 1.27. The molecule has 0 aromatic rings. The van der Waals surface area contributed by atoms with E-state index in [1.807, 2.05) is 6.92 Å². The van der Waals surface area contributed by atoms with Crippen molar-refractivity contribution in [2.45, 2.75) is 32.6 Å². The normalized spacial score (nSPS) is 12.5. The van der Waals surface area contributed by atoms with Gasteiger partial charge < -0.3 is 10.8 Å². The van der Waals surface area contributed by atoms with Crippen molar-refractivity contribution in [3.8, 4) is 0 Å². The van der Waals surface area contributed by atoms with E-state index in [0.717, 1.165) is 18.4 Å². The highest BCUT2D eigenvalue weighted by Gasteiger charge is 2.16. The third kappa shape index (κ3) is 6.34. The van der Waals surface area contributed by atoms with Gasteiger partial charge >= 0.3 is 5.97 Å². The van der Waals surface area contributed by atoms with Crippen LogP contribution in [-0.4, -0.2) is 17.6 Å². The third-order valence-corrected chi connectivity index (χ3v) is 1.95. The summed E-state index contributed by atoms with van der Waals surface area (Å²) in [6, 6.07) is 0. The van der Waals surface area contributed by atoms with E-state index in [1.165, 1.54) is 0 Å². The quantitative estimate of drug-likeness (QED) is 0.469. The highest BCUT2D eigenvalue weighted by atomic mass is 16.4. The number of allylic oxidation sites excluding steroid dienone is 1. The SMILES string of the molecule is C=C(C)CC(CCCCN)C(=O)O. The molecule has 0 aliphatic rings. The van der Waals surface area contributed by atoms with Gasteiger partial charge in [-0.3, -0.25) is 4.79 Å². The van der Waals surface area contributed by atoms with Gasteiger partial charge in [-0.05, 0) is 32.7 Å². The lowest BCUT2D eigenvalue weighted by molar-refractivity contribution is -0.141. The molecule has 0 saturated carbocycles. The van der Waals surface area contributed by atoms with Crippen molar-refractivity contribution in [2.24, 2.45) is 11.7 Å². The van der Waals surface area contributed by atoms with Crippen molar-refractivity contribution in [1.29, 1.82) is 0 Å². The molecule has 0 amide bonds. The maximum Gasteiger partial charge on any atom is 0.306 e. The van der Waals surface area contributed by atoms with Gasteiger partial charge in [-0.25, -0.2) is 0 Å². The van der Waals surface area contributed by atoms with Crippen molar-refractivity contribution in [2.75, 3.05) is 6.54 Å². The van der Waals surface area contributed by atoms with Crippen molar-refractivity contribution in [3.63, 3.8) is 0 Å². The lowest BCUT2D eigenvalue weighted by atomic mass is 9.95. The number of carboxylic acids is 1. The number of hydrogen-bond acceptors (Lipinski definition) is 2. The van der Waals surface area contributed by atoms with Crippen LogP contribution < -0.4 is 5.73 Å². The van der Waals surface area contributed by atoms with Crippen LogP contribution in [0.4, 0.5) is 0 Å². The molecule has 3 nitrogen and oxygen atoms in total. The Bertz CT molecular complexity index is 178. The Kier molecular flexibility index (Phi) is 6.24. The molecule has 1 atom stereocenters. The Balaban J connectivity index is 3.81. The first-order valence-electron chi connectivity index (χ1n) is 4.65. The van der Waals surface area contributed by atoms with Gasteiger partial charge in [-0.1, -0.05) is 12.0 Å². The largest absolute Gasteiger partial charge is 0.481 e. The number of nitrogens with two attached hydrogens (primary N) is 1. The van der Waals surface area contributed by atoms with Crippen LogP contribution >= 0.6 is 0 Å². The summed E-state index contributed by atoms with van der Waals surface area (Å²) in [6.45, 7) is 6.22. The Labute approximate surface area is 79.6 Å². The molecular formula is C10H19NO2. The molecule has 76 valence electrons. The van der Waals surface area contributed by atoms with Crippen LogP contribution in [0.2, 0.25) is 0 Å². The van der Waals surface area contributed by atoms with Crippen LogP contribution in [0.15, 0.2) is 12.2 Å². The van der Waals surface area contributed by atoms with Crippen molar-refractivity contribution >= 4 is 5.97 Å². The predicted octanol–water partition coefficient (Wildman–Crippen LogP) is 1.78. The summed E-state index contributed by atoms with van der Waals surface area (Å²) >= 11 is 0. The first-order chi connectivity index (χ1) is 6.07. The van der Waals surface area contributed by atoms with Crippen LogP contribution in [0.25, 0.3) is 0 Å². The molecule has 0 radical (unpaired) electrons. The summed E-state index contributed by atoms with van der Waals surface area (Å²) in [5.41, 5.74) is 6.26. The topological polar surface area (TPSA) is 63.3 Å². The lowest BCUT2D eigenvalue weighted by Gasteiger charge is -2.11. The van der Waals surface area contributed by atoms with Crippen molar-refractivity contribution < 1.29 is 9.90 Å². The highest BCUT2D eigenvalue weighted by molar-refractivity contribution is 5.70. The monoisotopic (exact) mass is 185 g/mol. The Morgan fingerprint density at radius 3 is 2.54 bits per heavy atom. The van der Waals surface area contributed by atoms with Crippen molar-refractivity contribution in [1.82, 2.24) is 0 Å². The molecule has 0 aromatic heterocycles. The molecule has 3 N–H and O–H groups in total. The second-order valence-corrected chi connectivity index (χ2v) is 3.48. The van der Waals surface area contributed by atoms with E-state index < -0.39 is 5.97 Å². The number of unbranched alkanes of at least 4 members (excludes halogenated alkanes) is 1. The minimum atomic E-state index is -0.722. The first-order valence-corrected chi connectivity index (χ1v) is 4.65. The van der Waals surface area contributed by atoms with E-state index >= 15 is 0 Å². The van der Waals surface area contributed by atoms with Crippen LogP contribution in [0.3, 0.4) is 0 Å². The number of aliphatic carboxylic acids is 1. The zero-order chi connectivity index (χ0) is 10.3.